The average molecular weight is 375 g/mol. The molecule has 1 aliphatic heterocycles. The molecule has 1 spiro atoms. The number of benzene rings is 1. The molecular weight excluding hydrogens is 346 g/mol. The van der Waals surface area contributed by atoms with E-state index < -0.39 is 4.92 Å². The molecule has 1 atom stereocenters. The Bertz CT molecular complexity index is 693. The standard InChI is InChI=1S/C20H29N3O4/c1-14(2)21-19(24)15-6-7-17(18(12-15)23(25)26)22-16-8-11-27-20(13-16)9-4-3-5-10-20/h6-7,12,14,16,22H,3-5,8-11,13H2,1-2H3,(H,21,24). The van der Waals surface area contributed by atoms with Crippen molar-refractivity contribution in [2.75, 3.05) is 11.9 Å². The Morgan fingerprint density at radius 1 is 1.30 bits per heavy atom. The third-order valence-electron chi connectivity index (χ3n) is 5.49. The van der Waals surface area contributed by atoms with E-state index >= 15 is 0 Å². The second-order valence-electron chi connectivity index (χ2n) is 8.04. The van der Waals surface area contributed by atoms with Crippen LogP contribution < -0.4 is 10.6 Å². The molecule has 2 N–H and O–H groups in total. The Morgan fingerprint density at radius 2 is 2.04 bits per heavy atom. The fraction of sp³-hybridized carbons (Fsp3) is 0.650. The lowest BCUT2D eigenvalue weighted by molar-refractivity contribution is -0.384. The molecule has 1 heterocycles. The van der Waals surface area contributed by atoms with E-state index in [4.69, 9.17) is 4.74 Å². The molecule has 148 valence electrons. The minimum absolute atomic E-state index is 0.0247. The molecule has 7 nitrogen and oxygen atoms in total. The molecule has 1 aromatic carbocycles. The lowest BCUT2D eigenvalue weighted by Crippen LogP contribution is -2.45. The van der Waals surface area contributed by atoms with E-state index in [-0.39, 0.29) is 29.3 Å². The van der Waals surface area contributed by atoms with Crippen molar-refractivity contribution in [2.24, 2.45) is 0 Å². The number of nitrogens with zero attached hydrogens (tertiary/aromatic N) is 1. The fourth-order valence-corrected chi connectivity index (χ4v) is 4.21. The number of rotatable bonds is 5. The topological polar surface area (TPSA) is 93.5 Å². The van der Waals surface area contributed by atoms with Crippen molar-refractivity contribution in [1.29, 1.82) is 0 Å². The van der Waals surface area contributed by atoms with E-state index in [1.54, 1.807) is 12.1 Å². The van der Waals surface area contributed by atoms with Crippen molar-refractivity contribution in [3.63, 3.8) is 0 Å². The number of hydrogen-bond acceptors (Lipinski definition) is 5. The molecule has 3 rings (SSSR count). The van der Waals surface area contributed by atoms with Crippen LogP contribution in [-0.4, -0.2) is 35.1 Å². The SMILES string of the molecule is CC(C)NC(=O)c1ccc(NC2CCOC3(CCCCC3)C2)c([N+](=O)[O-])c1. The van der Waals surface area contributed by atoms with Gasteiger partial charge < -0.3 is 15.4 Å². The third kappa shape index (κ3) is 4.77. The number of amides is 1. The average Bonchev–Trinajstić information content (AvgIpc) is 2.62. The van der Waals surface area contributed by atoms with Crippen LogP contribution >= 0.6 is 0 Å². The largest absolute Gasteiger partial charge is 0.377 e. The maximum atomic E-state index is 12.2. The van der Waals surface area contributed by atoms with Crippen LogP contribution in [0.4, 0.5) is 11.4 Å². The van der Waals surface area contributed by atoms with Gasteiger partial charge in [0.25, 0.3) is 11.6 Å². The fourth-order valence-electron chi connectivity index (χ4n) is 4.21. The van der Waals surface area contributed by atoms with Crippen molar-refractivity contribution in [3.05, 3.63) is 33.9 Å². The number of anilines is 1. The second kappa shape index (κ2) is 8.25. The van der Waals surface area contributed by atoms with E-state index in [1.165, 1.54) is 25.3 Å². The Hall–Kier alpha value is -2.15. The lowest BCUT2D eigenvalue weighted by atomic mass is 9.78. The zero-order valence-electron chi connectivity index (χ0n) is 16.1. The molecule has 1 amide bonds. The van der Waals surface area contributed by atoms with Crippen molar-refractivity contribution in [3.8, 4) is 0 Å². The zero-order valence-corrected chi connectivity index (χ0v) is 16.1. The summed E-state index contributed by atoms with van der Waals surface area (Å²) in [5.41, 5.74) is 0.645. The van der Waals surface area contributed by atoms with Crippen molar-refractivity contribution >= 4 is 17.3 Å². The Morgan fingerprint density at radius 3 is 2.70 bits per heavy atom. The van der Waals surface area contributed by atoms with Crippen LogP contribution in [0.2, 0.25) is 0 Å². The second-order valence-corrected chi connectivity index (χ2v) is 8.04. The molecule has 1 saturated carbocycles. The van der Waals surface area contributed by atoms with Gasteiger partial charge >= 0.3 is 0 Å². The van der Waals surface area contributed by atoms with Crippen molar-refractivity contribution in [2.45, 2.75) is 76.5 Å². The number of carbonyl (C=O) groups is 1. The van der Waals surface area contributed by atoms with E-state index in [0.717, 1.165) is 25.7 Å². The summed E-state index contributed by atoms with van der Waals surface area (Å²) in [6.45, 7) is 4.39. The predicted molar refractivity (Wildman–Crippen MR) is 104 cm³/mol. The van der Waals surface area contributed by atoms with E-state index in [1.807, 2.05) is 13.8 Å². The minimum Gasteiger partial charge on any atom is -0.377 e. The van der Waals surface area contributed by atoms with Gasteiger partial charge in [0.15, 0.2) is 0 Å². The normalized spacial score (nSPS) is 21.8. The van der Waals surface area contributed by atoms with Gasteiger partial charge in [0.2, 0.25) is 0 Å². The Balaban J connectivity index is 1.75. The maximum absolute atomic E-state index is 12.2. The molecule has 1 aliphatic carbocycles. The van der Waals surface area contributed by atoms with E-state index in [9.17, 15) is 14.9 Å². The van der Waals surface area contributed by atoms with Crippen molar-refractivity contribution in [1.82, 2.24) is 5.32 Å². The van der Waals surface area contributed by atoms with Crippen LogP contribution in [0, 0.1) is 10.1 Å². The summed E-state index contributed by atoms with van der Waals surface area (Å²) in [6, 6.07) is 4.77. The van der Waals surface area contributed by atoms with Gasteiger partial charge in [-0.2, -0.15) is 0 Å². The van der Waals surface area contributed by atoms with Crippen LogP contribution in [0.3, 0.4) is 0 Å². The van der Waals surface area contributed by atoms with Crippen LogP contribution in [-0.2, 0) is 4.74 Å². The summed E-state index contributed by atoms with van der Waals surface area (Å²) in [7, 11) is 0. The molecule has 0 radical (unpaired) electrons. The van der Waals surface area contributed by atoms with Gasteiger partial charge in [-0.25, -0.2) is 0 Å². The monoisotopic (exact) mass is 375 g/mol. The highest BCUT2D eigenvalue weighted by Crippen LogP contribution is 2.40. The predicted octanol–water partition coefficient (Wildman–Crippen LogP) is 4.03. The van der Waals surface area contributed by atoms with Crippen LogP contribution in [0.25, 0.3) is 0 Å². The smallest absolute Gasteiger partial charge is 0.293 e. The quantitative estimate of drug-likeness (QED) is 0.599. The summed E-state index contributed by atoms with van der Waals surface area (Å²) in [5, 5.41) is 17.7. The van der Waals surface area contributed by atoms with Gasteiger partial charge in [-0.1, -0.05) is 19.3 Å². The highest BCUT2D eigenvalue weighted by Gasteiger charge is 2.38. The van der Waals surface area contributed by atoms with Crippen LogP contribution in [0.15, 0.2) is 18.2 Å². The number of nitro groups is 1. The van der Waals surface area contributed by atoms with Crippen LogP contribution in [0.5, 0.6) is 0 Å². The first-order valence-corrected chi connectivity index (χ1v) is 9.88. The molecular formula is C20H29N3O4. The molecule has 0 aromatic heterocycles. The summed E-state index contributed by atoms with van der Waals surface area (Å²) in [5.74, 6) is -0.299. The summed E-state index contributed by atoms with van der Waals surface area (Å²) in [4.78, 5) is 23.3. The third-order valence-corrected chi connectivity index (χ3v) is 5.49. The van der Waals surface area contributed by atoms with E-state index in [0.29, 0.717) is 17.9 Å². The Kier molecular flexibility index (Phi) is 5.99. The summed E-state index contributed by atoms with van der Waals surface area (Å²) >= 11 is 0. The molecule has 1 saturated heterocycles. The maximum Gasteiger partial charge on any atom is 0.293 e. The van der Waals surface area contributed by atoms with Gasteiger partial charge in [0.1, 0.15) is 5.69 Å². The molecule has 7 heteroatoms. The van der Waals surface area contributed by atoms with E-state index in [2.05, 4.69) is 10.6 Å². The number of nitrogens with one attached hydrogen (secondary N) is 2. The van der Waals surface area contributed by atoms with Gasteiger partial charge in [-0.05, 0) is 51.7 Å². The number of nitro benzene ring substituents is 1. The first-order valence-electron chi connectivity index (χ1n) is 9.88. The first-order chi connectivity index (χ1) is 12.9. The molecule has 2 fully saturated rings. The number of hydrogen-bond donors (Lipinski definition) is 2. The molecule has 2 aliphatic rings. The molecule has 1 unspecified atom stereocenters. The first kappa shape index (κ1) is 19.6. The van der Waals surface area contributed by atoms with Gasteiger partial charge in [-0.15, -0.1) is 0 Å². The van der Waals surface area contributed by atoms with Crippen LogP contribution in [0.1, 0.15) is 69.2 Å². The highest BCUT2D eigenvalue weighted by molar-refractivity contribution is 5.95. The van der Waals surface area contributed by atoms with Gasteiger partial charge in [0.05, 0.1) is 10.5 Å². The molecule has 1 aromatic rings. The lowest BCUT2D eigenvalue weighted by Gasteiger charge is -2.43. The summed E-state index contributed by atoms with van der Waals surface area (Å²) in [6.07, 6.45) is 7.48. The molecule has 0 bridgehead atoms. The molecule has 27 heavy (non-hydrogen) atoms. The number of carbonyl (C=O) groups excluding carboxylic acids is 1. The van der Waals surface area contributed by atoms with Gasteiger partial charge in [0, 0.05) is 30.3 Å². The van der Waals surface area contributed by atoms with Crippen molar-refractivity contribution < 1.29 is 14.5 Å². The summed E-state index contributed by atoms with van der Waals surface area (Å²) < 4.78 is 6.11. The highest BCUT2D eigenvalue weighted by atomic mass is 16.6. The van der Waals surface area contributed by atoms with Gasteiger partial charge in [-0.3, -0.25) is 14.9 Å². The Labute approximate surface area is 160 Å². The number of ether oxygens (including phenoxy) is 1. The minimum atomic E-state index is -0.426. The zero-order chi connectivity index (χ0) is 19.4.